The topological polar surface area (TPSA) is 70.9 Å². The Bertz CT molecular complexity index is 701. The molecule has 2 amide bonds. The van der Waals surface area contributed by atoms with E-state index in [-0.39, 0.29) is 12.0 Å². The van der Waals surface area contributed by atoms with E-state index in [9.17, 15) is 9.59 Å². The smallest absolute Gasteiger partial charge is 0.410 e. The van der Waals surface area contributed by atoms with E-state index in [0.29, 0.717) is 12.5 Å². The highest BCUT2D eigenvalue weighted by atomic mass is 127. The molecular formula is C20H32IN5O3. The van der Waals surface area contributed by atoms with Crippen molar-refractivity contribution in [3.8, 4) is 0 Å². The van der Waals surface area contributed by atoms with Gasteiger partial charge in [0.15, 0.2) is 0 Å². The van der Waals surface area contributed by atoms with E-state index in [1.807, 2.05) is 31.9 Å². The summed E-state index contributed by atoms with van der Waals surface area (Å²) in [5.74, 6) is 0.756. The predicted molar refractivity (Wildman–Crippen MR) is 118 cm³/mol. The van der Waals surface area contributed by atoms with E-state index in [1.165, 1.54) is 0 Å². The maximum absolute atomic E-state index is 12.5. The van der Waals surface area contributed by atoms with Crippen molar-refractivity contribution < 1.29 is 14.3 Å². The number of aromatic nitrogens is 2. The first kappa shape index (κ1) is 22.3. The molecule has 9 heteroatoms. The third-order valence-electron chi connectivity index (χ3n) is 5.41. The molecular weight excluding hydrogens is 485 g/mol. The van der Waals surface area contributed by atoms with Crippen LogP contribution in [-0.2, 0) is 16.1 Å². The quantitative estimate of drug-likeness (QED) is 0.574. The summed E-state index contributed by atoms with van der Waals surface area (Å²) in [6.07, 6.45) is 5.52. The molecule has 162 valence electrons. The van der Waals surface area contributed by atoms with Crippen molar-refractivity contribution in [3.63, 3.8) is 0 Å². The number of carbonyl (C=O) groups is 2. The number of rotatable bonds is 4. The van der Waals surface area contributed by atoms with Gasteiger partial charge in [0.2, 0.25) is 5.91 Å². The lowest BCUT2D eigenvalue weighted by atomic mass is 9.96. The Morgan fingerprint density at radius 3 is 2.31 bits per heavy atom. The van der Waals surface area contributed by atoms with Gasteiger partial charge in [-0.1, -0.05) is 0 Å². The van der Waals surface area contributed by atoms with Crippen LogP contribution in [0.15, 0.2) is 12.4 Å². The van der Waals surface area contributed by atoms with Crippen LogP contribution < -0.4 is 0 Å². The van der Waals surface area contributed by atoms with Crippen LogP contribution in [0.4, 0.5) is 4.79 Å². The lowest BCUT2D eigenvalue weighted by molar-refractivity contribution is -0.133. The van der Waals surface area contributed by atoms with Gasteiger partial charge in [-0.3, -0.25) is 14.4 Å². The van der Waals surface area contributed by atoms with Crippen molar-refractivity contribution in [2.75, 3.05) is 45.8 Å². The number of piperazine rings is 1. The van der Waals surface area contributed by atoms with Crippen LogP contribution in [0.25, 0.3) is 0 Å². The van der Waals surface area contributed by atoms with Gasteiger partial charge < -0.3 is 14.5 Å². The highest BCUT2D eigenvalue weighted by molar-refractivity contribution is 14.1. The summed E-state index contributed by atoms with van der Waals surface area (Å²) in [7, 11) is 0. The van der Waals surface area contributed by atoms with Crippen LogP contribution in [0.1, 0.15) is 33.6 Å². The zero-order chi connectivity index (χ0) is 21.0. The molecule has 2 aliphatic heterocycles. The molecule has 2 aliphatic rings. The standard InChI is InChI=1S/C20H32IN5O3/c1-20(2,3)29-19(28)25-10-8-23(9-11-25)13-16-4-6-24(7-5-16)18(27)15-26-14-17(21)12-22-26/h12,14,16H,4-11,13,15H2,1-3H3. The number of piperidine rings is 1. The first-order chi connectivity index (χ1) is 13.7. The van der Waals surface area contributed by atoms with Crippen molar-refractivity contribution in [2.24, 2.45) is 5.92 Å². The Morgan fingerprint density at radius 1 is 1.10 bits per heavy atom. The molecule has 0 unspecified atom stereocenters. The number of amides is 2. The number of hydrogen-bond donors (Lipinski definition) is 0. The van der Waals surface area contributed by atoms with Crippen LogP contribution in [0.3, 0.4) is 0 Å². The van der Waals surface area contributed by atoms with Crippen LogP contribution >= 0.6 is 22.6 Å². The van der Waals surface area contributed by atoms with Crippen molar-refractivity contribution in [1.82, 2.24) is 24.5 Å². The maximum atomic E-state index is 12.5. The van der Waals surface area contributed by atoms with Gasteiger partial charge in [0.1, 0.15) is 12.1 Å². The molecule has 0 bridgehead atoms. The number of hydrogen-bond acceptors (Lipinski definition) is 5. The fourth-order valence-corrected chi connectivity index (χ4v) is 4.28. The van der Waals surface area contributed by atoms with Gasteiger partial charge in [-0.15, -0.1) is 0 Å². The summed E-state index contributed by atoms with van der Waals surface area (Å²) in [6.45, 7) is 11.9. The molecule has 0 aliphatic carbocycles. The normalized spacial score (nSPS) is 19.4. The van der Waals surface area contributed by atoms with Crippen molar-refractivity contribution in [2.45, 2.75) is 45.8 Å². The average molecular weight is 517 g/mol. The van der Waals surface area contributed by atoms with Crippen LogP contribution in [-0.4, -0.2) is 87.9 Å². The lowest BCUT2D eigenvalue weighted by Crippen LogP contribution is -2.51. The molecule has 2 saturated heterocycles. The van der Waals surface area contributed by atoms with Crippen molar-refractivity contribution in [1.29, 1.82) is 0 Å². The predicted octanol–water partition coefficient (Wildman–Crippen LogP) is 2.28. The first-order valence-electron chi connectivity index (χ1n) is 10.4. The second-order valence-corrected chi connectivity index (χ2v) is 10.2. The zero-order valence-electron chi connectivity index (χ0n) is 17.6. The molecule has 0 saturated carbocycles. The van der Waals surface area contributed by atoms with Gasteiger partial charge >= 0.3 is 6.09 Å². The Morgan fingerprint density at radius 2 is 1.76 bits per heavy atom. The van der Waals surface area contributed by atoms with E-state index >= 15 is 0 Å². The molecule has 1 aromatic rings. The van der Waals surface area contributed by atoms with Crippen LogP contribution in [0, 0.1) is 9.49 Å². The summed E-state index contributed by atoms with van der Waals surface area (Å²) in [5.41, 5.74) is -0.449. The monoisotopic (exact) mass is 517 g/mol. The summed E-state index contributed by atoms with van der Waals surface area (Å²) < 4.78 is 8.22. The van der Waals surface area contributed by atoms with Crippen LogP contribution in [0.5, 0.6) is 0 Å². The number of carbonyl (C=O) groups excluding carboxylic acids is 2. The summed E-state index contributed by atoms with van der Waals surface area (Å²) in [6, 6.07) is 0. The second-order valence-electron chi connectivity index (χ2n) is 8.95. The minimum Gasteiger partial charge on any atom is -0.444 e. The number of nitrogens with zero attached hydrogens (tertiary/aromatic N) is 5. The Labute approximate surface area is 186 Å². The van der Waals surface area contributed by atoms with E-state index in [1.54, 1.807) is 15.8 Å². The van der Waals surface area contributed by atoms with E-state index in [0.717, 1.165) is 62.2 Å². The first-order valence-corrected chi connectivity index (χ1v) is 11.4. The molecule has 29 heavy (non-hydrogen) atoms. The Kier molecular flexibility index (Phi) is 7.42. The Hall–Kier alpha value is -1.36. The fourth-order valence-electron chi connectivity index (χ4n) is 3.83. The number of halogens is 1. The highest BCUT2D eigenvalue weighted by Crippen LogP contribution is 2.20. The maximum Gasteiger partial charge on any atom is 0.410 e. The average Bonchev–Trinajstić information content (AvgIpc) is 3.06. The molecule has 3 rings (SSSR count). The minimum absolute atomic E-state index is 0.147. The van der Waals surface area contributed by atoms with Gasteiger partial charge in [-0.25, -0.2) is 4.79 Å². The number of ether oxygens (including phenoxy) is 1. The summed E-state index contributed by atoms with van der Waals surface area (Å²) >= 11 is 2.20. The Balaban J connectivity index is 1.36. The molecule has 0 aromatic carbocycles. The molecule has 0 atom stereocenters. The SMILES string of the molecule is CC(C)(C)OC(=O)N1CCN(CC2CCN(C(=O)Cn3cc(I)cn3)CC2)CC1. The second kappa shape index (κ2) is 9.63. The highest BCUT2D eigenvalue weighted by Gasteiger charge is 2.28. The van der Waals surface area contributed by atoms with Crippen molar-refractivity contribution in [3.05, 3.63) is 16.0 Å². The summed E-state index contributed by atoms with van der Waals surface area (Å²) in [4.78, 5) is 30.9. The van der Waals surface area contributed by atoms with Crippen molar-refractivity contribution >= 4 is 34.6 Å². The van der Waals surface area contributed by atoms with E-state index in [2.05, 4.69) is 32.6 Å². The fraction of sp³-hybridized carbons (Fsp3) is 0.750. The van der Waals surface area contributed by atoms with Gasteiger partial charge in [0, 0.05) is 52.0 Å². The van der Waals surface area contributed by atoms with Gasteiger partial charge in [0.25, 0.3) is 0 Å². The molecule has 2 fully saturated rings. The third kappa shape index (κ3) is 6.84. The molecule has 0 spiro atoms. The van der Waals surface area contributed by atoms with Gasteiger partial charge in [-0.2, -0.15) is 5.10 Å². The number of likely N-dealkylation sites (tertiary alicyclic amines) is 1. The van der Waals surface area contributed by atoms with E-state index < -0.39 is 5.60 Å². The molecule has 0 radical (unpaired) electrons. The van der Waals surface area contributed by atoms with Gasteiger partial charge in [-0.05, 0) is 62.1 Å². The molecule has 0 N–H and O–H groups in total. The largest absolute Gasteiger partial charge is 0.444 e. The molecule has 8 nitrogen and oxygen atoms in total. The van der Waals surface area contributed by atoms with E-state index in [4.69, 9.17) is 4.74 Å². The third-order valence-corrected chi connectivity index (χ3v) is 5.96. The summed E-state index contributed by atoms with van der Waals surface area (Å²) in [5, 5.41) is 4.20. The van der Waals surface area contributed by atoms with Gasteiger partial charge in [0.05, 0.1) is 9.77 Å². The molecule has 3 heterocycles. The minimum atomic E-state index is -0.449. The zero-order valence-corrected chi connectivity index (χ0v) is 19.8. The molecule has 1 aromatic heterocycles. The van der Waals surface area contributed by atoms with Crippen LogP contribution in [0.2, 0.25) is 0 Å². The lowest BCUT2D eigenvalue weighted by Gasteiger charge is -2.39.